The Labute approximate surface area is 125 Å². The fraction of sp³-hybridized carbons (Fsp3) is 0.308. The van der Waals surface area contributed by atoms with E-state index in [0.717, 1.165) is 16.7 Å². The van der Waals surface area contributed by atoms with Gasteiger partial charge in [-0.2, -0.15) is 0 Å². The SMILES string of the molecule is CCOC(=O)c1nnc(Sc2ccc(C(=O)CC)nc2)o1. The van der Waals surface area contributed by atoms with Crippen LogP contribution in [0.1, 0.15) is 41.4 Å². The van der Waals surface area contributed by atoms with Crippen LogP contribution >= 0.6 is 11.8 Å². The number of hydrogen-bond acceptors (Lipinski definition) is 8. The van der Waals surface area contributed by atoms with Gasteiger partial charge in [-0.25, -0.2) is 4.79 Å². The van der Waals surface area contributed by atoms with Gasteiger partial charge in [0.2, 0.25) is 0 Å². The smallest absolute Gasteiger partial charge is 0.396 e. The van der Waals surface area contributed by atoms with Crippen LogP contribution < -0.4 is 0 Å². The third-order valence-corrected chi connectivity index (χ3v) is 3.22. The van der Waals surface area contributed by atoms with Crippen LogP contribution in [0.5, 0.6) is 0 Å². The summed E-state index contributed by atoms with van der Waals surface area (Å²) < 4.78 is 9.92. The van der Waals surface area contributed by atoms with Gasteiger partial charge in [-0.1, -0.05) is 12.0 Å². The minimum Gasteiger partial charge on any atom is -0.459 e. The fourth-order valence-electron chi connectivity index (χ4n) is 1.41. The number of esters is 1. The van der Waals surface area contributed by atoms with E-state index >= 15 is 0 Å². The maximum Gasteiger partial charge on any atom is 0.396 e. The van der Waals surface area contributed by atoms with Gasteiger partial charge in [0.05, 0.1) is 6.61 Å². The molecular formula is C13H13N3O4S. The van der Waals surface area contributed by atoms with Gasteiger partial charge in [0.25, 0.3) is 5.22 Å². The van der Waals surface area contributed by atoms with Gasteiger partial charge in [-0.15, -0.1) is 5.10 Å². The average molecular weight is 307 g/mol. The number of rotatable bonds is 6. The number of Topliss-reactive ketones (excluding diaryl/α,β-unsaturated/α-hetero) is 1. The van der Waals surface area contributed by atoms with E-state index < -0.39 is 5.97 Å². The van der Waals surface area contributed by atoms with Crippen LogP contribution in [0.4, 0.5) is 0 Å². The topological polar surface area (TPSA) is 95.2 Å². The molecule has 2 aromatic rings. The highest BCUT2D eigenvalue weighted by atomic mass is 32.2. The van der Waals surface area contributed by atoms with Crippen LogP contribution in [0.25, 0.3) is 0 Å². The Hall–Kier alpha value is -2.22. The summed E-state index contributed by atoms with van der Waals surface area (Å²) in [4.78, 5) is 27.6. The maximum atomic E-state index is 11.5. The molecule has 2 rings (SSSR count). The normalized spacial score (nSPS) is 10.4. The van der Waals surface area contributed by atoms with Crippen LogP contribution in [0.2, 0.25) is 0 Å². The molecule has 0 aromatic carbocycles. The lowest BCUT2D eigenvalue weighted by Gasteiger charge is -1.99. The zero-order chi connectivity index (χ0) is 15.2. The van der Waals surface area contributed by atoms with Crippen LogP contribution in [0.3, 0.4) is 0 Å². The molecule has 0 atom stereocenters. The van der Waals surface area contributed by atoms with E-state index in [1.165, 1.54) is 0 Å². The standard InChI is InChI=1S/C13H13N3O4S/c1-3-10(17)9-6-5-8(7-14-9)21-13-16-15-11(20-13)12(18)19-4-2/h5-7H,3-4H2,1-2H3. The highest BCUT2D eigenvalue weighted by molar-refractivity contribution is 7.99. The molecule has 2 aromatic heterocycles. The van der Waals surface area contributed by atoms with E-state index in [1.807, 2.05) is 0 Å². The number of carbonyl (C=O) groups is 2. The van der Waals surface area contributed by atoms with Crippen LogP contribution in [0, 0.1) is 0 Å². The molecule has 0 N–H and O–H groups in total. The van der Waals surface area contributed by atoms with Gasteiger partial charge in [0.15, 0.2) is 5.78 Å². The van der Waals surface area contributed by atoms with Gasteiger partial charge >= 0.3 is 11.9 Å². The summed E-state index contributed by atoms with van der Waals surface area (Å²) in [5, 5.41) is 7.55. The number of ketones is 1. The Kier molecular flexibility index (Phi) is 5.04. The molecule has 0 amide bonds. The molecule has 0 aliphatic heterocycles. The summed E-state index contributed by atoms with van der Waals surface area (Å²) in [7, 11) is 0. The van der Waals surface area contributed by atoms with Gasteiger partial charge in [0, 0.05) is 17.5 Å². The number of aromatic nitrogens is 3. The molecule has 0 aliphatic carbocycles. The van der Waals surface area contributed by atoms with Crippen LogP contribution in [-0.4, -0.2) is 33.5 Å². The summed E-state index contributed by atoms with van der Waals surface area (Å²) in [6.45, 7) is 3.71. The highest BCUT2D eigenvalue weighted by Crippen LogP contribution is 2.26. The van der Waals surface area contributed by atoms with E-state index in [1.54, 1.807) is 32.2 Å². The molecule has 0 unspecified atom stereocenters. The summed E-state index contributed by atoms with van der Waals surface area (Å²) in [6, 6.07) is 3.37. The molecule has 2 heterocycles. The second-order valence-corrected chi connectivity index (χ2v) is 4.88. The van der Waals surface area contributed by atoms with E-state index in [9.17, 15) is 9.59 Å². The highest BCUT2D eigenvalue weighted by Gasteiger charge is 2.16. The lowest BCUT2D eigenvalue weighted by atomic mass is 10.2. The first kappa shape index (κ1) is 15.2. The van der Waals surface area contributed by atoms with Crippen LogP contribution in [-0.2, 0) is 4.74 Å². The van der Waals surface area contributed by atoms with Crippen molar-refractivity contribution in [3.8, 4) is 0 Å². The summed E-state index contributed by atoms with van der Waals surface area (Å²) in [5.41, 5.74) is 0.416. The predicted octanol–water partition coefficient (Wildman–Crippen LogP) is 2.39. The fourth-order valence-corrected chi connectivity index (χ4v) is 2.06. The third-order valence-electron chi connectivity index (χ3n) is 2.40. The van der Waals surface area contributed by atoms with Crippen molar-refractivity contribution < 1.29 is 18.7 Å². The van der Waals surface area contributed by atoms with E-state index in [4.69, 9.17) is 9.15 Å². The van der Waals surface area contributed by atoms with Gasteiger partial charge in [-0.05, 0) is 30.8 Å². The van der Waals surface area contributed by atoms with Crippen molar-refractivity contribution in [1.82, 2.24) is 15.2 Å². The Morgan fingerprint density at radius 1 is 1.29 bits per heavy atom. The maximum absolute atomic E-state index is 11.5. The number of ether oxygens (including phenoxy) is 1. The minimum atomic E-state index is -0.654. The summed E-state index contributed by atoms with van der Waals surface area (Å²) in [5.74, 6) is -0.863. The first-order valence-corrected chi connectivity index (χ1v) is 7.13. The lowest BCUT2D eigenvalue weighted by Crippen LogP contribution is -2.04. The largest absolute Gasteiger partial charge is 0.459 e. The number of carbonyl (C=O) groups excluding carboxylic acids is 2. The third kappa shape index (κ3) is 3.88. The van der Waals surface area contributed by atoms with Crippen molar-refractivity contribution in [2.24, 2.45) is 0 Å². The molecule has 0 bridgehead atoms. The first-order chi connectivity index (χ1) is 10.1. The van der Waals surface area contributed by atoms with Crippen LogP contribution in [0.15, 0.2) is 32.9 Å². The molecule has 0 fully saturated rings. The van der Waals surface area contributed by atoms with E-state index in [0.29, 0.717) is 12.1 Å². The number of pyridine rings is 1. The molecule has 0 saturated heterocycles. The van der Waals surface area contributed by atoms with Crippen molar-refractivity contribution in [1.29, 1.82) is 0 Å². The first-order valence-electron chi connectivity index (χ1n) is 6.31. The predicted molar refractivity (Wildman–Crippen MR) is 73.2 cm³/mol. The summed E-state index contributed by atoms with van der Waals surface area (Å²) in [6.07, 6.45) is 1.95. The monoisotopic (exact) mass is 307 g/mol. The Morgan fingerprint density at radius 2 is 2.10 bits per heavy atom. The molecule has 21 heavy (non-hydrogen) atoms. The Morgan fingerprint density at radius 3 is 2.71 bits per heavy atom. The average Bonchev–Trinajstić information content (AvgIpc) is 2.96. The van der Waals surface area contributed by atoms with Crippen molar-refractivity contribution >= 4 is 23.5 Å². The Bertz CT molecular complexity index is 639. The van der Waals surface area contributed by atoms with Crippen molar-refractivity contribution in [3.63, 3.8) is 0 Å². The number of hydrogen-bond donors (Lipinski definition) is 0. The molecule has 0 spiro atoms. The molecular weight excluding hydrogens is 294 g/mol. The Balaban J connectivity index is 2.05. The molecule has 8 heteroatoms. The van der Waals surface area contributed by atoms with Crippen molar-refractivity contribution in [2.75, 3.05) is 6.61 Å². The van der Waals surface area contributed by atoms with Gasteiger partial charge in [0.1, 0.15) is 5.69 Å². The number of nitrogens with zero attached hydrogens (tertiary/aromatic N) is 3. The van der Waals surface area contributed by atoms with Gasteiger partial charge < -0.3 is 9.15 Å². The molecule has 0 radical (unpaired) electrons. The lowest BCUT2D eigenvalue weighted by molar-refractivity contribution is 0.0475. The zero-order valence-corrected chi connectivity index (χ0v) is 12.3. The molecule has 110 valence electrons. The van der Waals surface area contributed by atoms with Crippen molar-refractivity contribution in [2.45, 2.75) is 30.4 Å². The van der Waals surface area contributed by atoms with E-state index in [-0.39, 0.29) is 23.5 Å². The zero-order valence-electron chi connectivity index (χ0n) is 11.5. The second-order valence-electron chi connectivity index (χ2n) is 3.85. The molecule has 0 aliphatic rings. The molecule has 0 saturated carbocycles. The second kappa shape index (κ2) is 6.98. The quantitative estimate of drug-likeness (QED) is 0.593. The molecule has 7 nitrogen and oxygen atoms in total. The summed E-state index contributed by atoms with van der Waals surface area (Å²) >= 11 is 1.15. The van der Waals surface area contributed by atoms with Crippen molar-refractivity contribution in [3.05, 3.63) is 29.9 Å². The van der Waals surface area contributed by atoms with Gasteiger partial charge in [-0.3, -0.25) is 9.78 Å². The minimum absolute atomic E-state index is 0.0195. The van der Waals surface area contributed by atoms with E-state index in [2.05, 4.69) is 15.2 Å².